The number of sulfone groups is 1. The van der Waals surface area contributed by atoms with Gasteiger partial charge in [0.2, 0.25) is 5.91 Å². The van der Waals surface area contributed by atoms with Crippen molar-refractivity contribution in [1.82, 2.24) is 4.57 Å². The number of carbonyl (C=O) groups excluding carboxylic acids is 1. The van der Waals surface area contributed by atoms with Crippen LogP contribution < -0.4 is 9.54 Å². The van der Waals surface area contributed by atoms with Crippen LogP contribution in [0.4, 0.5) is 0 Å². The second-order valence-corrected chi connectivity index (χ2v) is 10.2. The normalized spacial score (nSPS) is 12.3. The Labute approximate surface area is 186 Å². The fraction of sp³-hybridized carbons (Fsp3) is 0.304. The van der Waals surface area contributed by atoms with E-state index in [1.165, 1.54) is 11.3 Å². The van der Waals surface area contributed by atoms with Crippen molar-refractivity contribution in [3.8, 4) is 5.75 Å². The lowest BCUT2D eigenvalue weighted by Gasteiger charge is -2.04. The number of fused-ring (bicyclic) bond motifs is 1. The number of aromatic nitrogens is 1. The van der Waals surface area contributed by atoms with Crippen LogP contribution in [0.15, 0.2) is 65.0 Å². The van der Waals surface area contributed by atoms with Crippen LogP contribution in [0.25, 0.3) is 10.2 Å². The zero-order chi connectivity index (χ0) is 22.4. The van der Waals surface area contributed by atoms with E-state index < -0.39 is 9.84 Å². The summed E-state index contributed by atoms with van der Waals surface area (Å²) in [6.45, 7) is 8.71. The van der Waals surface area contributed by atoms with E-state index in [4.69, 9.17) is 4.74 Å². The van der Waals surface area contributed by atoms with E-state index in [-0.39, 0.29) is 29.4 Å². The summed E-state index contributed by atoms with van der Waals surface area (Å²) in [6, 6.07) is 12.5. The number of thiazole rings is 1. The Morgan fingerprint density at radius 3 is 2.65 bits per heavy atom. The Morgan fingerprint density at radius 2 is 1.97 bits per heavy atom. The van der Waals surface area contributed by atoms with Gasteiger partial charge in [-0.3, -0.25) is 4.79 Å². The van der Waals surface area contributed by atoms with Crippen molar-refractivity contribution in [3.05, 3.63) is 65.5 Å². The molecular formula is C23H26N2O4S2. The van der Waals surface area contributed by atoms with Crippen LogP contribution in [-0.2, 0) is 21.2 Å². The van der Waals surface area contributed by atoms with Gasteiger partial charge in [-0.15, -0.1) is 6.58 Å². The number of benzene rings is 2. The molecule has 1 amide bonds. The van der Waals surface area contributed by atoms with E-state index >= 15 is 0 Å². The number of ether oxygens (including phenoxy) is 1. The molecule has 0 fully saturated rings. The van der Waals surface area contributed by atoms with Crippen LogP contribution in [-0.4, -0.2) is 31.3 Å². The van der Waals surface area contributed by atoms with Gasteiger partial charge in [0, 0.05) is 13.0 Å². The molecule has 0 saturated heterocycles. The Hall–Kier alpha value is -2.71. The lowest BCUT2D eigenvalue weighted by Crippen LogP contribution is -2.16. The van der Waals surface area contributed by atoms with Crippen molar-refractivity contribution in [2.45, 2.75) is 38.1 Å². The van der Waals surface area contributed by atoms with Crippen LogP contribution in [0.5, 0.6) is 5.75 Å². The lowest BCUT2D eigenvalue weighted by atomic mass is 10.2. The van der Waals surface area contributed by atoms with Gasteiger partial charge in [-0.2, -0.15) is 4.99 Å². The number of carbonyl (C=O) groups is 1. The van der Waals surface area contributed by atoms with E-state index in [1.807, 2.05) is 36.6 Å². The highest BCUT2D eigenvalue weighted by Gasteiger charge is 2.15. The molecule has 0 atom stereocenters. The zero-order valence-corrected chi connectivity index (χ0v) is 19.3. The summed E-state index contributed by atoms with van der Waals surface area (Å²) in [5.74, 6) is 0.336. The van der Waals surface area contributed by atoms with Gasteiger partial charge < -0.3 is 9.30 Å². The molecule has 0 radical (unpaired) electrons. The maximum Gasteiger partial charge on any atom is 0.248 e. The molecule has 31 heavy (non-hydrogen) atoms. The van der Waals surface area contributed by atoms with Crippen molar-refractivity contribution in [2.75, 3.05) is 12.4 Å². The molecular weight excluding hydrogens is 432 g/mol. The molecule has 0 saturated carbocycles. The minimum atomic E-state index is -3.42. The van der Waals surface area contributed by atoms with E-state index in [9.17, 15) is 13.2 Å². The first-order chi connectivity index (χ1) is 14.8. The van der Waals surface area contributed by atoms with Gasteiger partial charge in [0.05, 0.1) is 27.5 Å². The number of allylic oxidation sites excluding steroid dienone is 1. The molecule has 0 bridgehead atoms. The number of aryl methyl sites for hydroxylation is 1. The second kappa shape index (κ2) is 10.1. The largest absolute Gasteiger partial charge is 0.494 e. The topological polar surface area (TPSA) is 77.7 Å². The summed E-state index contributed by atoms with van der Waals surface area (Å²) in [5, 5.41) is 0. The van der Waals surface area contributed by atoms with Gasteiger partial charge >= 0.3 is 0 Å². The van der Waals surface area contributed by atoms with Crippen LogP contribution in [0, 0.1) is 6.92 Å². The zero-order valence-electron chi connectivity index (χ0n) is 17.7. The minimum Gasteiger partial charge on any atom is -0.494 e. The average Bonchev–Trinajstić information content (AvgIpc) is 3.05. The maximum absolute atomic E-state index is 12.5. The molecule has 2 aromatic carbocycles. The highest BCUT2D eigenvalue weighted by molar-refractivity contribution is 7.91. The average molecular weight is 459 g/mol. The summed E-state index contributed by atoms with van der Waals surface area (Å²) in [5.41, 5.74) is 1.94. The van der Waals surface area contributed by atoms with Gasteiger partial charge in [0.25, 0.3) is 0 Å². The van der Waals surface area contributed by atoms with Crippen molar-refractivity contribution in [2.24, 2.45) is 4.99 Å². The first-order valence-electron chi connectivity index (χ1n) is 10.1. The van der Waals surface area contributed by atoms with Crippen molar-refractivity contribution in [1.29, 1.82) is 0 Å². The standard InChI is InChI=1S/C23H26N2O4S2/c1-4-14-25-20-13-10-18(29-5-2)16-21(20)30-23(25)24-22(26)7-6-15-31(27,28)19-11-8-17(3)9-12-19/h4,8-13,16H,1,5-7,14-15H2,2-3H3. The Kier molecular flexibility index (Phi) is 7.46. The van der Waals surface area contributed by atoms with E-state index in [2.05, 4.69) is 11.6 Å². The van der Waals surface area contributed by atoms with E-state index in [0.29, 0.717) is 18.0 Å². The van der Waals surface area contributed by atoms with Crippen molar-refractivity contribution < 1.29 is 17.9 Å². The monoisotopic (exact) mass is 458 g/mol. The fourth-order valence-corrected chi connectivity index (χ4v) is 5.54. The highest BCUT2D eigenvalue weighted by Crippen LogP contribution is 2.23. The molecule has 3 rings (SSSR count). The SMILES string of the molecule is C=CCn1c(=NC(=O)CCCS(=O)(=O)c2ccc(C)cc2)sc2cc(OCC)ccc21. The molecule has 6 nitrogen and oxygen atoms in total. The number of nitrogens with zero attached hydrogens (tertiary/aromatic N) is 2. The van der Waals surface area contributed by atoms with Crippen molar-refractivity contribution in [3.63, 3.8) is 0 Å². The van der Waals surface area contributed by atoms with Gasteiger partial charge in [-0.25, -0.2) is 8.42 Å². The number of hydrogen-bond acceptors (Lipinski definition) is 5. The minimum absolute atomic E-state index is 0.0671. The molecule has 0 aliphatic rings. The summed E-state index contributed by atoms with van der Waals surface area (Å²) < 4.78 is 33.4. The van der Waals surface area contributed by atoms with E-state index in [0.717, 1.165) is 21.5 Å². The number of hydrogen-bond donors (Lipinski definition) is 0. The van der Waals surface area contributed by atoms with E-state index in [1.54, 1.807) is 30.3 Å². The Balaban J connectivity index is 1.76. The molecule has 0 unspecified atom stereocenters. The summed E-state index contributed by atoms with van der Waals surface area (Å²) in [7, 11) is -3.42. The third-order valence-electron chi connectivity index (χ3n) is 4.68. The fourth-order valence-electron chi connectivity index (χ4n) is 3.14. The first kappa shape index (κ1) is 23.0. The smallest absolute Gasteiger partial charge is 0.248 e. The molecule has 0 spiro atoms. The van der Waals surface area contributed by atoms with Gasteiger partial charge in [-0.1, -0.05) is 35.1 Å². The quantitative estimate of drug-likeness (QED) is 0.449. The molecule has 0 aliphatic carbocycles. The third kappa shape index (κ3) is 5.71. The van der Waals surface area contributed by atoms with Gasteiger partial charge in [-0.05, 0) is 50.6 Å². The summed E-state index contributed by atoms with van der Waals surface area (Å²) in [4.78, 5) is 17.6. The molecule has 0 aliphatic heterocycles. The number of amides is 1. The lowest BCUT2D eigenvalue weighted by molar-refractivity contribution is -0.118. The molecule has 1 aromatic heterocycles. The van der Waals surface area contributed by atoms with Gasteiger partial charge in [0.1, 0.15) is 5.75 Å². The highest BCUT2D eigenvalue weighted by atomic mass is 32.2. The summed E-state index contributed by atoms with van der Waals surface area (Å²) >= 11 is 1.40. The molecule has 1 heterocycles. The molecule has 8 heteroatoms. The van der Waals surface area contributed by atoms with Crippen LogP contribution in [0.3, 0.4) is 0 Å². The predicted octanol–water partition coefficient (Wildman–Crippen LogP) is 4.28. The van der Waals surface area contributed by atoms with Crippen molar-refractivity contribution >= 4 is 37.3 Å². The molecule has 3 aromatic rings. The van der Waals surface area contributed by atoms with Gasteiger partial charge in [0.15, 0.2) is 14.6 Å². The summed E-state index contributed by atoms with van der Waals surface area (Å²) in [6.07, 6.45) is 2.04. The Bertz CT molecular complexity index is 1250. The Morgan fingerprint density at radius 1 is 1.23 bits per heavy atom. The van der Waals surface area contributed by atoms with Crippen LogP contribution in [0.2, 0.25) is 0 Å². The third-order valence-corrected chi connectivity index (χ3v) is 7.54. The number of rotatable bonds is 9. The van der Waals surface area contributed by atoms with Crippen LogP contribution >= 0.6 is 11.3 Å². The molecule has 164 valence electrons. The maximum atomic E-state index is 12.5. The molecule has 0 N–H and O–H groups in total. The predicted molar refractivity (Wildman–Crippen MR) is 124 cm³/mol. The second-order valence-electron chi connectivity index (χ2n) is 7.09. The first-order valence-corrected chi connectivity index (χ1v) is 12.5. The van der Waals surface area contributed by atoms with Crippen LogP contribution in [0.1, 0.15) is 25.3 Å².